The largest absolute Gasteiger partial charge is 0.484 e. The molecule has 2 aromatic rings. The summed E-state index contributed by atoms with van der Waals surface area (Å²) in [6.07, 6.45) is 7.71. The lowest BCUT2D eigenvalue weighted by Gasteiger charge is -2.35. The zero-order valence-corrected chi connectivity index (χ0v) is 18.1. The third kappa shape index (κ3) is 5.03. The topological polar surface area (TPSA) is 75.6 Å². The maximum atomic E-state index is 12.9. The van der Waals surface area contributed by atoms with Crippen LogP contribution in [-0.2, 0) is 4.79 Å². The molecule has 0 radical (unpaired) electrons. The summed E-state index contributed by atoms with van der Waals surface area (Å²) >= 11 is 0. The minimum Gasteiger partial charge on any atom is -0.484 e. The number of para-hydroxylation sites is 1. The first-order chi connectivity index (χ1) is 15.1. The molecule has 0 saturated carbocycles. The van der Waals surface area contributed by atoms with Crippen molar-refractivity contribution in [3.05, 3.63) is 53.6 Å². The third-order valence-corrected chi connectivity index (χ3v) is 6.10. The Kier molecular flexibility index (Phi) is 6.79. The minimum absolute atomic E-state index is 0.00890. The zero-order chi connectivity index (χ0) is 21.6. The van der Waals surface area contributed by atoms with E-state index in [2.05, 4.69) is 9.97 Å². The van der Waals surface area contributed by atoms with Gasteiger partial charge in [0, 0.05) is 25.8 Å². The van der Waals surface area contributed by atoms with Gasteiger partial charge in [0.1, 0.15) is 5.75 Å². The summed E-state index contributed by atoms with van der Waals surface area (Å²) in [7, 11) is 0. The van der Waals surface area contributed by atoms with Crippen molar-refractivity contribution in [2.24, 2.45) is 0 Å². The number of benzene rings is 1. The highest BCUT2D eigenvalue weighted by Gasteiger charge is 2.31. The molecule has 3 heterocycles. The summed E-state index contributed by atoms with van der Waals surface area (Å²) < 4.78 is 5.66. The Morgan fingerprint density at radius 1 is 1.03 bits per heavy atom. The molecule has 2 saturated heterocycles. The van der Waals surface area contributed by atoms with Crippen LogP contribution in [0.15, 0.2) is 36.5 Å². The predicted molar refractivity (Wildman–Crippen MR) is 117 cm³/mol. The van der Waals surface area contributed by atoms with Crippen LogP contribution in [0.1, 0.15) is 66.4 Å². The number of amides is 2. The fourth-order valence-electron chi connectivity index (χ4n) is 4.37. The number of rotatable bonds is 5. The molecule has 1 atom stereocenters. The van der Waals surface area contributed by atoms with E-state index in [1.165, 1.54) is 6.42 Å². The Hall–Kier alpha value is -2.96. The van der Waals surface area contributed by atoms with Gasteiger partial charge in [0.05, 0.1) is 17.3 Å². The Balaban J connectivity index is 1.46. The van der Waals surface area contributed by atoms with E-state index in [1.807, 2.05) is 47.1 Å². The Morgan fingerprint density at radius 2 is 1.77 bits per heavy atom. The SMILES string of the molecule is Cc1nc([C@H]2CCCCN2C(=O)COc2ccccc2)ncc1C(=O)N1CCCCC1. The summed E-state index contributed by atoms with van der Waals surface area (Å²) in [6.45, 7) is 4.11. The average Bonchev–Trinajstić information content (AvgIpc) is 2.83. The van der Waals surface area contributed by atoms with Gasteiger partial charge in [0.2, 0.25) is 0 Å². The van der Waals surface area contributed by atoms with Crippen molar-refractivity contribution in [3.63, 3.8) is 0 Å². The van der Waals surface area contributed by atoms with Crippen LogP contribution in [0.25, 0.3) is 0 Å². The van der Waals surface area contributed by atoms with Crippen LogP contribution in [0.4, 0.5) is 0 Å². The highest BCUT2D eigenvalue weighted by atomic mass is 16.5. The number of piperidine rings is 2. The van der Waals surface area contributed by atoms with Crippen molar-refractivity contribution >= 4 is 11.8 Å². The predicted octanol–water partition coefficient (Wildman–Crippen LogP) is 3.54. The maximum Gasteiger partial charge on any atom is 0.261 e. The van der Waals surface area contributed by atoms with E-state index in [4.69, 9.17) is 4.74 Å². The highest BCUT2D eigenvalue weighted by molar-refractivity contribution is 5.95. The molecule has 1 aromatic carbocycles. The number of carbonyl (C=O) groups is 2. The highest BCUT2D eigenvalue weighted by Crippen LogP contribution is 2.29. The van der Waals surface area contributed by atoms with Gasteiger partial charge in [-0.2, -0.15) is 0 Å². The average molecular weight is 423 g/mol. The van der Waals surface area contributed by atoms with Gasteiger partial charge in [0.25, 0.3) is 11.8 Å². The molecule has 4 rings (SSSR count). The molecule has 0 spiro atoms. The molecule has 0 unspecified atom stereocenters. The van der Waals surface area contributed by atoms with Crippen LogP contribution >= 0.6 is 0 Å². The van der Waals surface area contributed by atoms with Crippen LogP contribution in [0.5, 0.6) is 5.75 Å². The van der Waals surface area contributed by atoms with E-state index in [0.717, 1.165) is 45.2 Å². The van der Waals surface area contributed by atoms with Gasteiger partial charge in [-0.05, 0) is 57.6 Å². The number of hydrogen-bond donors (Lipinski definition) is 0. The number of hydrogen-bond acceptors (Lipinski definition) is 5. The summed E-state index contributed by atoms with van der Waals surface area (Å²) in [4.78, 5) is 38.7. The lowest BCUT2D eigenvalue weighted by atomic mass is 10.0. The molecule has 0 aliphatic carbocycles. The van der Waals surface area contributed by atoms with Crippen molar-refractivity contribution in [3.8, 4) is 5.75 Å². The molecule has 1 aromatic heterocycles. The molecule has 31 heavy (non-hydrogen) atoms. The number of carbonyl (C=O) groups excluding carboxylic acids is 2. The second-order valence-electron chi connectivity index (χ2n) is 8.28. The first-order valence-corrected chi connectivity index (χ1v) is 11.2. The Labute approximate surface area is 183 Å². The molecule has 2 aliphatic heterocycles. The molecule has 2 fully saturated rings. The first kappa shape index (κ1) is 21.3. The molecule has 7 heteroatoms. The molecule has 7 nitrogen and oxygen atoms in total. The van der Waals surface area contributed by atoms with Crippen molar-refractivity contribution in [2.45, 2.75) is 51.5 Å². The monoisotopic (exact) mass is 422 g/mol. The number of aromatic nitrogens is 2. The fourth-order valence-corrected chi connectivity index (χ4v) is 4.37. The van der Waals surface area contributed by atoms with E-state index in [1.54, 1.807) is 6.20 Å². The summed E-state index contributed by atoms with van der Waals surface area (Å²) in [5.74, 6) is 1.23. The molecular weight excluding hydrogens is 392 g/mol. The second kappa shape index (κ2) is 9.90. The lowest BCUT2D eigenvalue weighted by Crippen LogP contribution is -2.42. The fraction of sp³-hybridized carbons (Fsp3) is 0.500. The van der Waals surface area contributed by atoms with E-state index >= 15 is 0 Å². The molecule has 164 valence electrons. The quantitative estimate of drug-likeness (QED) is 0.737. The summed E-state index contributed by atoms with van der Waals surface area (Å²) in [5, 5.41) is 0. The van der Waals surface area contributed by atoms with Crippen LogP contribution in [0.3, 0.4) is 0 Å². The molecule has 2 amide bonds. The summed E-state index contributed by atoms with van der Waals surface area (Å²) in [5.41, 5.74) is 1.24. The van der Waals surface area contributed by atoms with Crippen molar-refractivity contribution in [1.29, 1.82) is 0 Å². The van der Waals surface area contributed by atoms with Gasteiger partial charge in [-0.3, -0.25) is 9.59 Å². The van der Waals surface area contributed by atoms with Gasteiger partial charge < -0.3 is 14.5 Å². The number of likely N-dealkylation sites (tertiary alicyclic amines) is 2. The van der Waals surface area contributed by atoms with Crippen LogP contribution in [-0.4, -0.2) is 57.8 Å². The van der Waals surface area contributed by atoms with Gasteiger partial charge in [-0.15, -0.1) is 0 Å². The minimum atomic E-state index is -0.182. The van der Waals surface area contributed by atoms with Gasteiger partial charge in [-0.1, -0.05) is 18.2 Å². The van der Waals surface area contributed by atoms with Gasteiger partial charge >= 0.3 is 0 Å². The molecular formula is C24H30N4O3. The normalized spacial score (nSPS) is 19.2. The maximum absolute atomic E-state index is 12.9. The van der Waals surface area contributed by atoms with E-state index in [0.29, 0.717) is 29.4 Å². The number of ether oxygens (including phenoxy) is 1. The van der Waals surface area contributed by atoms with E-state index in [-0.39, 0.29) is 24.5 Å². The number of aryl methyl sites for hydroxylation is 1. The standard InChI is InChI=1S/C24H30N4O3/c1-18-20(24(30)27-13-7-3-8-14-27)16-25-23(26-18)21-12-6-9-15-28(21)22(29)17-31-19-10-4-2-5-11-19/h2,4-5,10-11,16,21H,3,6-9,12-15,17H2,1H3/t21-/m1/s1. The van der Waals surface area contributed by atoms with Crippen LogP contribution < -0.4 is 4.74 Å². The first-order valence-electron chi connectivity index (χ1n) is 11.2. The third-order valence-electron chi connectivity index (χ3n) is 6.10. The Bertz CT molecular complexity index is 912. The second-order valence-corrected chi connectivity index (χ2v) is 8.28. The van der Waals surface area contributed by atoms with Crippen LogP contribution in [0, 0.1) is 6.92 Å². The zero-order valence-electron chi connectivity index (χ0n) is 18.1. The van der Waals surface area contributed by atoms with Crippen LogP contribution in [0.2, 0.25) is 0 Å². The van der Waals surface area contributed by atoms with Gasteiger partial charge in [-0.25, -0.2) is 9.97 Å². The van der Waals surface area contributed by atoms with E-state index in [9.17, 15) is 9.59 Å². The summed E-state index contributed by atoms with van der Waals surface area (Å²) in [6, 6.07) is 9.17. The molecule has 0 N–H and O–H groups in total. The van der Waals surface area contributed by atoms with Gasteiger partial charge in [0.15, 0.2) is 12.4 Å². The van der Waals surface area contributed by atoms with E-state index < -0.39 is 0 Å². The lowest BCUT2D eigenvalue weighted by molar-refractivity contribution is -0.137. The smallest absolute Gasteiger partial charge is 0.261 e. The Morgan fingerprint density at radius 3 is 2.52 bits per heavy atom. The molecule has 0 bridgehead atoms. The van der Waals surface area contributed by atoms with Crippen molar-refractivity contribution in [1.82, 2.24) is 19.8 Å². The number of nitrogens with zero attached hydrogens (tertiary/aromatic N) is 4. The van der Waals surface area contributed by atoms with Crippen molar-refractivity contribution in [2.75, 3.05) is 26.2 Å². The van der Waals surface area contributed by atoms with Crippen molar-refractivity contribution < 1.29 is 14.3 Å². The molecule has 2 aliphatic rings.